The van der Waals surface area contributed by atoms with Crippen LogP contribution in [0, 0.1) is 0 Å². The van der Waals surface area contributed by atoms with Crippen molar-refractivity contribution in [3.63, 3.8) is 0 Å². The number of thiocarbonyl (C=S) groups is 1. The molecule has 1 aliphatic heterocycles. The maximum atomic E-state index is 6.37. The van der Waals surface area contributed by atoms with Gasteiger partial charge in [-0.3, -0.25) is 4.98 Å². The average Bonchev–Trinajstić information content (AvgIpc) is 3.46. The molecule has 0 radical (unpaired) electrons. The van der Waals surface area contributed by atoms with Crippen LogP contribution in [0.2, 0.25) is 0 Å². The molecule has 0 amide bonds. The minimum absolute atomic E-state index is 0.148. The van der Waals surface area contributed by atoms with E-state index in [0.29, 0.717) is 11.7 Å². The van der Waals surface area contributed by atoms with Gasteiger partial charge in [0, 0.05) is 17.4 Å². The summed E-state index contributed by atoms with van der Waals surface area (Å²) in [6.07, 6.45) is 1.80. The van der Waals surface area contributed by atoms with E-state index in [2.05, 4.69) is 15.2 Å². The van der Waals surface area contributed by atoms with E-state index in [1.807, 2.05) is 91.9 Å². The summed E-state index contributed by atoms with van der Waals surface area (Å²) >= 11 is 5.78. The molecule has 2 aromatic carbocycles. The SMILES string of the molecule is CCOc1ccc(N2C(=S)N[C@@H](c3ccccn3)[C@H]2c2ccc(-c3ccccc3)o2)cc1. The Bertz CT molecular complexity index is 1190. The Morgan fingerprint density at radius 3 is 2.47 bits per heavy atom. The lowest BCUT2D eigenvalue weighted by Gasteiger charge is -2.26. The standard InChI is InChI=1S/C26H23N3O2S/c1-2-30-20-13-11-19(12-14-20)29-25(24(28-26(29)32)21-10-6-7-17-27-21)23-16-15-22(31-23)18-8-4-3-5-9-18/h3-17,24-25H,2H2,1H3,(H,28,32)/t24-,25+/m0/s1. The molecule has 6 heteroatoms. The second-order valence-electron chi connectivity index (χ2n) is 7.49. The van der Waals surface area contributed by atoms with Gasteiger partial charge in [-0.15, -0.1) is 0 Å². The van der Waals surface area contributed by atoms with E-state index in [1.54, 1.807) is 6.20 Å². The summed E-state index contributed by atoms with van der Waals surface area (Å²) in [6, 6.07) is 27.7. The van der Waals surface area contributed by atoms with E-state index in [9.17, 15) is 0 Å². The van der Waals surface area contributed by atoms with Crippen molar-refractivity contribution in [2.45, 2.75) is 19.0 Å². The van der Waals surface area contributed by atoms with Crippen molar-refractivity contribution in [3.05, 3.63) is 103 Å². The Hall–Kier alpha value is -3.64. The molecule has 1 N–H and O–H groups in total. The van der Waals surface area contributed by atoms with Gasteiger partial charge >= 0.3 is 0 Å². The van der Waals surface area contributed by atoms with Crippen LogP contribution >= 0.6 is 12.2 Å². The Morgan fingerprint density at radius 1 is 0.969 bits per heavy atom. The van der Waals surface area contributed by atoms with Crippen molar-refractivity contribution in [1.29, 1.82) is 0 Å². The highest BCUT2D eigenvalue weighted by molar-refractivity contribution is 7.80. The van der Waals surface area contributed by atoms with Crippen molar-refractivity contribution in [2.24, 2.45) is 0 Å². The third kappa shape index (κ3) is 3.85. The molecule has 0 saturated carbocycles. The number of pyridine rings is 1. The number of nitrogens with one attached hydrogen (secondary N) is 1. The van der Waals surface area contributed by atoms with Crippen LogP contribution in [0.25, 0.3) is 11.3 Å². The highest BCUT2D eigenvalue weighted by atomic mass is 32.1. The van der Waals surface area contributed by atoms with Gasteiger partial charge in [-0.05, 0) is 67.7 Å². The molecule has 5 nitrogen and oxygen atoms in total. The Labute approximate surface area is 192 Å². The zero-order valence-corrected chi connectivity index (χ0v) is 18.5. The van der Waals surface area contributed by atoms with E-state index in [-0.39, 0.29) is 12.1 Å². The predicted molar refractivity (Wildman–Crippen MR) is 130 cm³/mol. The molecule has 2 aromatic heterocycles. The smallest absolute Gasteiger partial charge is 0.174 e. The summed E-state index contributed by atoms with van der Waals surface area (Å²) in [6.45, 7) is 2.60. The van der Waals surface area contributed by atoms with Crippen molar-refractivity contribution >= 4 is 23.0 Å². The molecule has 0 spiro atoms. The third-order valence-electron chi connectivity index (χ3n) is 5.50. The largest absolute Gasteiger partial charge is 0.494 e. The van der Waals surface area contributed by atoms with Crippen molar-refractivity contribution in [3.8, 4) is 17.1 Å². The maximum Gasteiger partial charge on any atom is 0.174 e. The molecule has 0 aliphatic carbocycles. The third-order valence-corrected chi connectivity index (χ3v) is 5.82. The Kier molecular flexibility index (Phi) is 5.60. The van der Waals surface area contributed by atoms with Crippen LogP contribution in [0.1, 0.15) is 30.5 Å². The van der Waals surface area contributed by atoms with Gasteiger partial charge in [0.25, 0.3) is 0 Å². The average molecular weight is 442 g/mol. The number of nitrogens with zero attached hydrogens (tertiary/aromatic N) is 2. The molecule has 0 unspecified atom stereocenters. The highest BCUT2D eigenvalue weighted by Gasteiger charge is 2.42. The summed E-state index contributed by atoms with van der Waals surface area (Å²) < 4.78 is 12.0. The summed E-state index contributed by atoms with van der Waals surface area (Å²) in [7, 11) is 0. The lowest BCUT2D eigenvalue weighted by atomic mass is 10.0. The first-order valence-corrected chi connectivity index (χ1v) is 11.0. The molecule has 1 saturated heterocycles. The Morgan fingerprint density at radius 2 is 1.75 bits per heavy atom. The van der Waals surface area contributed by atoms with Crippen molar-refractivity contribution < 1.29 is 9.15 Å². The van der Waals surface area contributed by atoms with Gasteiger partial charge in [0.15, 0.2) is 5.11 Å². The fourth-order valence-corrected chi connectivity index (χ4v) is 4.41. The molecular weight excluding hydrogens is 418 g/mol. The lowest BCUT2D eigenvalue weighted by molar-refractivity contribution is 0.340. The molecule has 32 heavy (non-hydrogen) atoms. The van der Waals surface area contributed by atoms with Gasteiger partial charge in [0.1, 0.15) is 23.3 Å². The van der Waals surface area contributed by atoms with Crippen molar-refractivity contribution in [1.82, 2.24) is 10.3 Å². The Balaban J connectivity index is 1.56. The maximum absolute atomic E-state index is 6.37. The molecule has 3 heterocycles. The number of anilines is 1. The summed E-state index contributed by atoms with van der Waals surface area (Å²) in [5.41, 5.74) is 2.91. The van der Waals surface area contributed by atoms with E-state index in [4.69, 9.17) is 21.4 Å². The quantitative estimate of drug-likeness (QED) is 0.375. The van der Waals surface area contributed by atoms with Crippen LogP contribution in [0.5, 0.6) is 5.75 Å². The number of hydrogen-bond acceptors (Lipinski definition) is 4. The van der Waals surface area contributed by atoms with Crippen LogP contribution in [0.15, 0.2) is 95.5 Å². The number of benzene rings is 2. The minimum Gasteiger partial charge on any atom is -0.494 e. The first-order chi connectivity index (χ1) is 15.7. The normalized spacial score (nSPS) is 17.9. The fraction of sp³-hybridized carbons (Fsp3) is 0.154. The van der Waals surface area contributed by atoms with Gasteiger partial charge in [-0.25, -0.2) is 0 Å². The number of rotatable bonds is 6. The first kappa shape index (κ1) is 20.3. The summed E-state index contributed by atoms with van der Waals surface area (Å²) in [5, 5.41) is 4.09. The topological polar surface area (TPSA) is 50.5 Å². The van der Waals surface area contributed by atoms with Gasteiger partial charge in [-0.2, -0.15) is 0 Å². The van der Waals surface area contributed by atoms with Crippen LogP contribution < -0.4 is 15.0 Å². The second kappa shape index (κ2) is 8.85. The number of ether oxygens (including phenoxy) is 1. The van der Waals surface area contributed by atoms with Crippen LogP contribution in [0.4, 0.5) is 5.69 Å². The molecule has 1 fully saturated rings. The molecule has 2 atom stereocenters. The van der Waals surface area contributed by atoms with Crippen molar-refractivity contribution in [2.75, 3.05) is 11.5 Å². The highest BCUT2D eigenvalue weighted by Crippen LogP contribution is 2.43. The number of hydrogen-bond donors (Lipinski definition) is 1. The molecule has 160 valence electrons. The summed E-state index contributed by atoms with van der Waals surface area (Å²) in [4.78, 5) is 6.69. The lowest BCUT2D eigenvalue weighted by Crippen LogP contribution is -2.29. The van der Waals surface area contributed by atoms with Gasteiger partial charge in [0.2, 0.25) is 0 Å². The minimum atomic E-state index is -0.187. The van der Waals surface area contributed by atoms with Crippen LogP contribution in [-0.2, 0) is 0 Å². The number of furan rings is 1. The molecule has 5 rings (SSSR count). The molecular formula is C26H23N3O2S. The first-order valence-electron chi connectivity index (χ1n) is 10.6. The molecule has 1 aliphatic rings. The zero-order valence-electron chi connectivity index (χ0n) is 17.6. The number of aromatic nitrogens is 1. The van der Waals surface area contributed by atoms with E-state index < -0.39 is 0 Å². The van der Waals surface area contributed by atoms with Gasteiger partial charge in [-0.1, -0.05) is 36.4 Å². The van der Waals surface area contributed by atoms with Gasteiger partial charge in [0.05, 0.1) is 18.3 Å². The summed E-state index contributed by atoms with van der Waals surface area (Å²) in [5.74, 6) is 2.47. The monoisotopic (exact) mass is 441 g/mol. The van der Waals surface area contributed by atoms with E-state index in [1.165, 1.54) is 0 Å². The fourth-order valence-electron chi connectivity index (χ4n) is 4.06. The zero-order chi connectivity index (χ0) is 21.9. The second-order valence-corrected chi connectivity index (χ2v) is 7.88. The van der Waals surface area contributed by atoms with Gasteiger partial charge < -0.3 is 19.4 Å². The molecule has 0 bridgehead atoms. The molecule has 4 aromatic rings. The predicted octanol–water partition coefficient (Wildman–Crippen LogP) is 5.92. The van der Waals surface area contributed by atoms with E-state index in [0.717, 1.165) is 34.2 Å². The van der Waals surface area contributed by atoms with E-state index >= 15 is 0 Å². The van der Waals surface area contributed by atoms with Crippen LogP contribution in [0.3, 0.4) is 0 Å². The van der Waals surface area contributed by atoms with Crippen LogP contribution in [-0.4, -0.2) is 16.7 Å².